The van der Waals surface area contributed by atoms with E-state index in [-0.39, 0.29) is 0 Å². The quantitative estimate of drug-likeness (QED) is 0.453. The summed E-state index contributed by atoms with van der Waals surface area (Å²) in [4.78, 5) is 0. The molecule has 0 amide bonds. The van der Waals surface area contributed by atoms with E-state index in [0.29, 0.717) is 26.1 Å². The van der Waals surface area contributed by atoms with E-state index in [4.69, 9.17) is 21.6 Å². The average Bonchev–Trinajstić information content (AvgIpc) is 2.31. The summed E-state index contributed by atoms with van der Waals surface area (Å²) < 4.78 is 9.35. The molecule has 0 aliphatic rings. The normalized spacial score (nSPS) is 15.4. The molecule has 0 aromatic rings. The zero-order chi connectivity index (χ0) is 12.4. The Kier molecular flexibility index (Phi) is 8.33. The molecule has 0 aliphatic heterocycles. The molecule has 0 radical (unpaired) electrons. The van der Waals surface area contributed by atoms with Crippen LogP contribution in [0.3, 0.4) is 0 Å². The number of alkyl halides is 1. The molecule has 3 nitrogen and oxygen atoms in total. The molecule has 0 saturated heterocycles. The third-order valence-corrected chi connectivity index (χ3v) is 3.16. The predicted octanol–water partition coefficient (Wildman–Crippen LogP) is 1.16. The first-order chi connectivity index (χ1) is 7.60. The number of hydrogen-bond donors (Lipinski definition) is 1. The molecule has 0 fully saturated rings. The Morgan fingerprint density at radius 3 is 2.50 bits per heavy atom. The minimum atomic E-state index is -0.578. The summed E-state index contributed by atoms with van der Waals surface area (Å²) in [5.41, 5.74) is 5.83. The van der Waals surface area contributed by atoms with E-state index in [0.717, 1.165) is 0 Å². The Balaban J connectivity index is 4.51. The maximum atomic E-state index is 5.83. The minimum Gasteiger partial charge on any atom is -0.385 e. The number of rotatable bonds is 6. The zero-order valence-corrected chi connectivity index (χ0v) is 11.3. The Morgan fingerprint density at radius 2 is 2.00 bits per heavy atom. The molecule has 2 unspecified atom stereocenters. The lowest BCUT2D eigenvalue weighted by Gasteiger charge is -2.24. The van der Waals surface area contributed by atoms with E-state index < -0.39 is 10.4 Å². The Morgan fingerprint density at radius 1 is 1.38 bits per heavy atom. The van der Waals surface area contributed by atoms with Gasteiger partial charge in [0.15, 0.2) is 0 Å². The van der Waals surface area contributed by atoms with Crippen LogP contribution < -0.4 is 5.73 Å². The molecular weight excluding hydrogens is 270 g/mol. The highest BCUT2D eigenvalue weighted by Crippen LogP contribution is 2.25. The first-order valence-electron chi connectivity index (χ1n) is 4.99. The summed E-state index contributed by atoms with van der Waals surface area (Å²) in [5.74, 6) is 8.55. The van der Waals surface area contributed by atoms with Crippen LogP contribution in [0, 0.1) is 24.2 Å². The third kappa shape index (κ3) is 5.53. The monoisotopic (exact) mass is 287 g/mol. The molecule has 0 aliphatic carbocycles. The summed E-state index contributed by atoms with van der Waals surface area (Å²) in [6.45, 7) is 1.16. The SMILES string of the molecule is C#CC(N)C(Br)(C#CCCOC)CCOC. The summed E-state index contributed by atoms with van der Waals surface area (Å²) in [7, 11) is 3.27. The van der Waals surface area contributed by atoms with Crippen LogP contribution in [0.25, 0.3) is 0 Å². The highest BCUT2D eigenvalue weighted by atomic mass is 79.9. The Bertz CT molecular complexity index is 290. The van der Waals surface area contributed by atoms with Gasteiger partial charge in [0.2, 0.25) is 0 Å². The van der Waals surface area contributed by atoms with E-state index in [9.17, 15) is 0 Å². The number of nitrogens with two attached hydrogens (primary N) is 1. The molecule has 16 heavy (non-hydrogen) atoms. The van der Waals surface area contributed by atoms with Gasteiger partial charge in [-0.2, -0.15) is 0 Å². The van der Waals surface area contributed by atoms with Crippen molar-refractivity contribution in [2.45, 2.75) is 23.2 Å². The van der Waals surface area contributed by atoms with E-state index >= 15 is 0 Å². The van der Waals surface area contributed by atoms with Crippen LogP contribution >= 0.6 is 15.9 Å². The summed E-state index contributed by atoms with van der Waals surface area (Å²) >= 11 is 3.50. The maximum Gasteiger partial charge on any atom is 0.114 e. The molecule has 4 heteroatoms. The second-order valence-electron chi connectivity index (χ2n) is 3.29. The van der Waals surface area contributed by atoms with Gasteiger partial charge in [-0.15, -0.1) is 6.42 Å². The molecule has 0 rings (SSSR count). The lowest BCUT2D eigenvalue weighted by molar-refractivity contribution is 0.188. The van der Waals surface area contributed by atoms with Crippen LogP contribution in [-0.2, 0) is 9.47 Å². The first kappa shape index (κ1) is 15.5. The lowest BCUT2D eigenvalue weighted by atomic mass is 9.98. The minimum absolute atomic E-state index is 0.460. The zero-order valence-electron chi connectivity index (χ0n) is 9.75. The molecule has 2 N–H and O–H groups in total. The van der Waals surface area contributed by atoms with E-state index in [1.165, 1.54) is 0 Å². The van der Waals surface area contributed by atoms with Crippen LogP contribution in [0.1, 0.15) is 12.8 Å². The Hall–Kier alpha value is -0.520. The smallest absolute Gasteiger partial charge is 0.114 e. The number of halogens is 1. The second kappa shape index (κ2) is 8.61. The molecule has 0 heterocycles. The van der Waals surface area contributed by atoms with E-state index in [1.54, 1.807) is 14.2 Å². The lowest BCUT2D eigenvalue weighted by Crippen LogP contribution is -2.41. The average molecular weight is 288 g/mol. The van der Waals surface area contributed by atoms with Gasteiger partial charge in [-0.3, -0.25) is 0 Å². The van der Waals surface area contributed by atoms with Gasteiger partial charge in [0, 0.05) is 27.2 Å². The largest absolute Gasteiger partial charge is 0.385 e. The van der Waals surface area contributed by atoms with Crippen molar-refractivity contribution in [2.75, 3.05) is 27.4 Å². The molecule has 90 valence electrons. The van der Waals surface area contributed by atoms with Crippen molar-refractivity contribution in [3.05, 3.63) is 0 Å². The molecule has 0 bridgehead atoms. The van der Waals surface area contributed by atoms with Crippen LogP contribution in [0.5, 0.6) is 0 Å². The number of terminal acetylenes is 1. The maximum absolute atomic E-state index is 5.83. The summed E-state index contributed by atoms with van der Waals surface area (Å²) in [6.07, 6.45) is 6.63. The molecule has 0 aromatic heterocycles. The number of methoxy groups -OCH3 is 2. The fourth-order valence-corrected chi connectivity index (χ4v) is 1.48. The molecule has 0 aromatic carbocycles. The van der Waals surface area contributed by atoms with Gasteiger partial charge in [0.05, 0.1) is 12.6 Å². The van der Waals surface area contributed by atoms with Gasteiger partial charge in [0.25, 0.3) is 0 Å². The van der Waals surface area contributed by atoms with Gasteiger partial charge in [0.1, 0.15) is 4.32 Å². The predicted molar refractivity (Wildman–Crippen MR) is 69.2 cm³/mol. The van der Waals surface area contributed by atoms with Crippen LogP contribution in [0.4, 0.5) is 0 Å². The van der Waals surface area contributed by atoms with Gasteiger partial charge in [-0.1, -0.05) is 33.7 Å². The number of hydrogen-bond acceptors (Lipinski definition) is 3. The van der Waals surface area contributed by atoms with Gasteiger partial charge < -0.3 is 15.2 Å². The van der Waals surface area contributed by atoms with Gasteiger partial charge >= 0.3 is 0 Å². The Labute approximate surface area is 106 Å². The van der Waals surface area contributed by atoms with Crippen molar-refractivity contribution in [3.8, 4) is 24.2 Å². The van der Waals surface area contributed by atoms with Crippen LogP contribution in [0.15, 0.2) is 0 Å². The van der Waals surface area contributed by atoms with E-state index in [1.807, 2.05) is 0 Å². The summed E-state index contributed by atoms with van der Waals surface area (Å²) in [5, 5.41) is 0. The highest BCUT2D eigenvalue weighted by molar-refractivity contribution is 9.10. The topological polar surface area (TPSA) is 44.5 Å². The second-order valence-corrected chi connectivity index (χ2v) is 4.71. The summed E-state index contributed by atoms with van der Waals surface area (Å²) in [6, 6.07) is -0.460. The molecule has 0 saturated carbocycles. The third-order valence-electron chi connectivity index (χ3n) is 2.07. The highest BCUT2D eigenvalue weighted by Gasteiger charge is 2.30. The standard InChI is InChI=1S/C12H18BrNO2/c1-4-11(14)12(13,8-10-16-3)7-5-6-9-15-2/h1,11H,6,8-10,14H2,2-3H3. The van der Waals surface area contributed by atoms with Crippen LogP contribution in [-0.4, -0.2) is 37.8 Å². The molecule has 2 atom stereocenters. The molecular formula is C12H18BrNO2. The van der Waals surface area contributed by atoms with Crippen LogP contribution in [0.2, 0.25) is 0 Å². The number of ether oxygens (including phenoxy) is 2. The fraction of sp³-hybridized carbons (Fsp3) is 0.667. The first-order valence-corrected chi connectivity index (χ1v) is 5.78. The molecule has 0 spiro atoms. The fourth-order valence-electron chi connectivity index (χ4n) is 1.04. The van der Waals surface area contributed by atoms with Gasteiger partial charge in [-0.05, 0) is 6.42 Å². The van der Waals surface area contributed by atoms with Gasteiger partial charge in [-0.25, -0.2) is 0 Å². The van der Waals surface area contributed by atoms with Crippen molar-refractivity contribution in [1.82, 2.24) is 0 Å². The van der Waals surface area contributed by atoms with Crippen molar-refractivity contribution < 1.29 is 9.47 Å². The van der Waals surface area contributed by atoms with Crippen molar-refractivity contribution in [2.24, 2.45) is 5.73 Å². The van der Waals surface area contributed by atoms with E-state index in [2.05, 4.69) is 33.7 Å². The van der Waals surface area contributed by atoms with Crippen molar-refractivity contribution in [3.63, 3.8) is 0 Å². The van der Waals surface area contributed by atoms with Crippen molar-refractivity contribution >= 4 is 15.9 Å². The van der Waals surface area contributed by atoms with Crippen molar-refractivity contribution in [1.29, 1.82) is 0 Å².